The first-order valence-corrected chi connectivity index (χ1v) is 6.30. The lowest BCUT2D eigenvalue weighted by atomic mass is 10.1. The Balaban J connectivity index is 2.49. The number of hydrogen-bond acceptors (Lipinski definition) is 2. The zero-order chi connectivity index (χ0) is 10.8. The van der Waals surface area contributed by atoms with Gasteiger partial charge in [0.05, 0.1) is 5.88 Å². The highest BCUT2D eigenvalue weighted by Crippen LogP contribution is 2.33. The van der Waals surface area contributed by atoms with E-state index in [1.165, 1.54) is 0 Å². The number of benzene rings is 1. The minimum absolute atomic E-state index is 0.332. The highest BCUT2D eigenvalue weighted by Gasteiger charge is 2.10. The Morgan fingerprint density at radius 1 is 1.33 bits per heavy atom. The third-order valence-electron chi connectivity index (χ3n) is 1.92. The molecule has 0 aliphatic rings. The lowest BCUT2D eigenvalue weighted by molar-refractivity contribution is 0.396. The van der Waals surface area contributed by atoms with Gasteiger partial charge in [-0.3, -0.25) is 0 Å². The molecule has 15 heavy (non-hydrogen) atoms. The topological polar surface area (TPSA) is 26.0 Å². The average Bonchev–Trinajstić information content (AvgIpc) is 2.70. The summed E-state index contributed by atoms with van der Waals surface area (Å²) in [5, 5.41) is 3.95. The van der Waals surface area contributed by atoms with E-state index in [9.17, 15) is 0 Å². The smallest absolute Gasteiger partial charge is 0.152 e. The van der Waals surface area contributed by atoms with Crippen molar-refractivity contribution >= 4 is 43.5 Å². The molecule has 0 atom stereocenters. The van der Waals surface area contributed by atoms with Crippen molar-refractivity contribution in [2.24, 2.45) is 0 Å². The summed E-state index contributed by atoms with van der Waals surface area (Å²) in [7, 11) is 0. The van der Waals surface area contributed by atoms with Crippen LogP contribution in [0.2, 0.25) is 0 Å². The Morgan fingerprint density at radius 2 is 2.13 bits per heavy atom. The number of aromatic nitrogens is 1. The zero-order valence-corrected chi connectivity index (χ0v) is 11.4. The molecular weight excluding hydrogens is 345 g/mol. The average molecular weight is 351 g/mol. The molecule has 0 saturated heterocycles. The molecule has 2 aromatic rings. The summed E-state index contributed by atoms with van der Waals surface area (Å²) in [5.41, 5.74) is 1.75. The fourth-order valence-corrected chi connectivity index (χ4v) is 2.16. The van der Waals surface area contributed by atoms with Crippen LogP contribution in [0.15, 0.2) is 37.7 Å². The minimum atomic E-state index is 0.332. The van der Waals surface area contributed by atoms with E-state index >= 15 is 0 Å². The molecule has 0 N–H and O–H groups in total. The van der Waals surface area contributed by atoms with Gasteiger partial charge in [-0.1, -0.05) is 17.3 Å². The normalized spacial score (nSPS) is 10.6. The van der Waals surface area contributed by atoms with Crippen molar-refractivity contribution in [3.63, 3.8) is 0 Å². The van der Waals surface area contributed by atoms with E-state index in [1.54, 1.807) is 0 Å². The summed E-state index contributed by atoms with van der Waals surface area (Å²) in [6.45, 7) is 0. The van der Waals surface area contributed by atoms with Crippen LogP contribution in [0.25, 0.3) is 11.3 Å². The van der Waals surface area contributed by atoms with Gasteiger partial charge in [0.1, 0.15) is 5.69 Å². The van der Waals surface area contributed by atoms with Gasteiger partial charge in [-0.2, -0.15) is 0 Å². The van der Waals surface area contributed by atoms with Gasteiger partial charge in [-0.25, -0.2) is 0 Å². The van der Waals surface area contributed by atoms with Crippen molar-refractivity contribution in [3.8, 4) is 11.3 Å². The summed E-state index contributed by atoms with van der Waals surface area (Å²) in [5.74, 6) is 0.997. The highest BCUT2D eigenvalue weighted by molar-refractivity contribution is 9.13. The molecule has 2 rings (SSSR count). The van der Waals surface area contributed by atoms with Gasteiger partial charge >= 0.3 is 0 Å². The predicted octanol–water partition coefficient (Wildman–Crippen LogP) is 4.61. The monoisotopic (exact) mass is 349 g/mol. The maximum absolute atomic E-state index is 5.64. The molecule has 0 fully saturated rings. The minimum Gasteiger partial charge on any atom is -0.359 e. The standard InChI is InChI=1S/C10H6Br2ClNO/c11-8-3-1-2-7(10(8)12)9-4-6(5-13)15-14-9/h1-4H,5H2. The third kappa shape index (κ3) is 2.27. The Kier molecular flexibility index (Phi) is 3.49. The van der Waals surface area contributed by atoms with Gasteiger partial charge in [0.2, 0.25) is 0 Å². The van der Waals surface area contributed by atoms with Crippen LogP contribution < -0.4 is 0 Å². The van der Waals surface area contributed by atoms with Crippen molar-refractivity contribution in [2.75, 3.05) is 0 Å². The van der Waals surface area contributed by atoms with Crippen LogP contribution in [0.4, 0.5) is 0 Å². The Bertz CT molecular complexity index is 484. The molecule has 0 saturated carbocycles. The molecule has 5 heteroatoms. The number of hydrogen-bond donors (Lipinski definition) is 0. The summed E-state index contributed by atoms with van der Waals surface area (Å²) < 4.78 is 6.98. The summed E-state index contributed by atoms with van der Waals surface area (Å²) in [6, 6.07) is 7.69. The molecule has 2 nitrogen and oxygen atoms in total. The second-order valence-electron chi connectivity index (χ2n) is 2.91. The van der Waals surface area contributed by atoms with Crippen LogP contribution in [0, 0.1) is 0 Å². The van der Waals surface area contributed by atoms with E-state index in [-0.39, 0.29) is 0 Å². The van der Waals surface area contributed by atoms with Crippen molar-refractivity contribution in [2.45, 2.75) is 5.88 Å². The molecule has 1 heterocycles. The van der Waals surface area contributed by atoms with Crippen LogP contribution in [-0.2, 0) is 5.88 Å². The molecule has 0 amide bonds. The van der Waals surface area contributed by atoms with E-state index in [1.807, 2.05) is 24.3 Å². The first kappa shape index (κ1) is 11.2. The van der Waals surface area contributed by atoms with Gasteiger partial charge in [-0.05, 0) is 37.9 Å². The molecule has 0 spiro atoms. The second kappa shape index (κ2) is 4.68. The van der Waals surface area contributed by atoms with Crippen LogP contribution in [0.3, 0.4) is 0 Å². The van der Waals surface area contributed by atoms with E-state index in [0.29, 0.717) is 11.6 Å². The quantitative estimate of drug-likeness (QED) is 0.739. The first-order chi connectivity index (χ1) is 7.22. The number of halogens is 3. The van der Waals surface area contributed by atoms with Crippen molar-refractivity contribution in [1.29, 1.82) is 0 Å². The van der Waals surface area contributed by atoms with E-state index < -0.39 is 0 Å². The molecule has 0 radical (unpaired) electrons. The van der Waals surface area contributed by atoms with Crippen molar-refractivity contribution < 1.29 is 4.52 Å². The van der Waals surface area contributed by atoms with Crippen LogP contribution >= 0.6 is 43.5 Å². The molecule has 0 bridgehead atoms. The highest BCUT2D eigenvalue weighted by atomic mass is 79.9. The largest absolute Gasteiger partial charge is 0.359 e. The second-order valence-corrected chi connectivity index (χ2v) is 4.83. The Labute approximate surface area is 109 Å². The maximum atomic E-state index is 5.64. The van der Waals surface area contributed by atoms with Crippen LogP contribution in [-0.4, -0.2) is 5.16 Å². The van der Waals surface area contributed by atoms with Gasteiger partial charge in [0, 0.05) is 20.6 Å². The van der Waals surface area contributed by atoms with Crippen molar-refractivity contribution in [3.05, 3.63) is 39.0 Å². The van der Waals surface area contributed by atoms with E-state index in [2.05, 4.69) is 37.0 Å². The summed E-state index contributed by atoms with van der Waals surface area (Å²) in [6.07, 6.45) is 0. The molecule has 1 aromatic heterocycles. The Morgan fingerprint density at radius 3 is 2.80 bits per heavy atom. The molecule has 0 aliphatic heterocycles. The maximum Gasteiger partial charge on any atom is 0.152 e. The lowest BCUT2D eigenvalue weighted by Crippen LogP contribution is -1.80. The molecule has 0 aliphatic carbocycles. The lowest BCUT2D eigenvalue weighted by Gasteiger charge is -2.01. The Hall–Kier alpha value is -0.320. The fourth-order valence-electron chi connectivity index (χ4n) is 1.20. The third-order valence-corrected chi connectivity index (χ3v) is 4.23. The van der Waals surface area contributed by atoms with Crippen LogP contribution in [0.1, 0.15) is 5.76 Å². The predicted molar refractivity (Wildman–Crippen MR) is 66.9 cm³/mol. The molecule has 1 aromatic carbocycles. The van der Waals surface area contributed by atoms with E-state index in [0.717, 1.165) is 20.2 Å². The SMILES string of the molecule is ClCc1cc(-c2cccc(Br)c2Br)no1. The zero-order valence-electron chi connectivity index (χ0n) is 7.51. The van der Waals surface area contributed by atoms with E-state index in [4.69, 9.17) is 16.1 Å². The van der Waals surface area contributed by atoms with Gasteiger partial charge in [0.25, 0.3) is 0 Å². The van der Waals surface area contributed by atoms with Gasteiger partial charge < -0.3 is 4.52 Å². The van der Waals surface area contributed by atoms with Gasteiger partial charge in [-0.15, -0.1) is 11.6 Å². The molecule has 0 unspecified atom stereocenters. The van der Waals surface area contributed by atoms with Gasteiger partial charge in [0.15, 0.2) is 5.76 Å². The van der Waals surface area contributed by atoms with Crippen molar-refractivity contribution in [1.82, 2.24) is 5.16 Å². The summed E-state index contributed by atoms with van der Waals surface area (Å²) in [4.78, 5) is 0. The first-order valence-electron chi connectivity index (χ1n) is 4.18. The molecular formula is C10H6Br2ClNO. The van der Waals surface area contributed by atoms with Crippen LogP contribution in [0.5, 0.6) is 0 Å². The molecule has 78 valence electrons. The number of rotatable bonds is 2. The number of nitrogens with zero attached hydrogens (tertiary/aromatic N) is 1. The number of alkyl halides is 1. The summed E-state index contributed by atoms with van der Waals surface area (Å²) >= 11 is 12.6. The fraction of sp³-hybridized carbons (Fsp3) is 0.100.